The van der Waals surface area contributed by atoms with E-state index in [1.807, 2.05) is 0 Å². The van der Waals surface area contributed by atoms with Gasteiger partial charge in [0, 0.05) is 12.1 Å². The molecule has 3 aromatic rings. The number of aromatic amines is 1. The highest BCUT2D eigenvalue weighted by molar-refractivity contribution is 5.80. The van der Waals surface area contributed by atoms with Crippen LogP contribution in [0.4, 0.5) is 8.78 Å². The fraction of sp³-hybridized carbons (Fsp3) is 0.0667. The molecule has 1 aromatic heterocycles. The summed E-state index contributed by atoms with van der Waals surface area (Å²) in [5.74, 6) is -1.67. The van der Waals surface area contributed by atoms with E-state index in [9.17, 15) is 13.6 Å². The average Bonchev–Trinajstić information content (AvgIpc) is 2.46. The van der Waals surface area contributed by atoms with Crippen LogP contribution >= 0.6 is 0 Å². The molecule has 0 radical (unpaired) electrons. The van der Waals surface area contributed by atoms with Crippen LogP contribution < -0.4 is 10.3 Å². The molecule has 0 aliphatic heterocycles. The summed E-state index contributed by atoms with van der Waals surface area (Å²) < 4.78 is 32.2. The first-order valence-corrected chi connectivity index (χ1v) is 6.12. The molecule has 0 amide bonds. The van der Waals surface area contributed by atoms with Gasteiger partial charge >= 0.3 is 0 Å². The van der Waals surface area contributed by atoms with Crippen molar-refractivity contribution < 1.29 is 13.5 Å². The van der Waals surface area contributed by atoms with Crippen molar-refractivity contribution in [1.29, 1.82) is 0 Å². The second kappa shape index (κ2) is 4.97. The minimum absolute atomic E-state index is 0.00644. The van der Waals surface area contributed by atoms with Crippen LogP contribution in [0.2, 0.25) is 0 Å². The van der Waals surface area contributed by atoms with E-state index < -0.39 is 17.2 Å². The van der Waals surface area contributed by atoms with Gasteiger partial charge in [-0.15, -0.1) is 0 Å². The Morgan fingerprint density at radius 2 is 1.95 bits per heavy atom. The van der Waals surface area contributed by atoms with Crippen LogP contribution in [0.3, 0.4) is 0 Å². The summed E-state index contributed by atoms with van der Waals surface area (Å²) in [6, 6.07) is 8.43. The fourth-order valence-electron chi connectivity index (χ4n) is 2.15. The van der Waals surface area contributed by atoms with Crippen LogP contribution in [-0.2, 0) is 0 Å². The van der Waals surface area contributed by atoms with Gasteiger partial charge in [0.1, 0.15) is 23.2 Å². The molecule has 0 aliphatic carbocycles. The number of methoxy groups -OCH3 is 1. The largest absolute Gasteiger partial charge is 0.496 e. The molecule has 106 valence electrons. The van der Waals surface area contributed by atoms with Crippen molar-refractivity contribution in [3.05, 3.63) is 58.4 Å². The number of aromatic nitrogens is 2. The summed E-state index contributed by atoms with van der Waals surface area (Å²) in [6.07, 6.45) is 0. The van der Waals surface area contributed by atoms with Crippen molar-refractivity contribution >= 4 is 10.9 Å². The van der Waals surface area contributed by atoms with Crippen LogP contribution in [0.5, 0.6) is 5.75 Å². The van der Waals surface area contributed by atoms with Crippen LogP contribution in [0.25, 0.3) is 22.3 Å². The number of H-pyrrole nitrogens is 1. The van der Waals surface area contributed by atoms with Crippen LogP contribution in [0, 0.1) is 11.6 Å². The summed E-state index contributed by atoms with van der Waals surface area (Å²) in [5, 5.41) is 0.391. The molecule has 2 aromatic carbocycles. The van der Waals surface area contributed by atoms with Gasteiger partial charge in [-0.3, -0.25) is 4.79 Å². The molecule has 1 N–H and O–H groups in total. The number of halogens is 2. The number of para-hydroxylation sites is 1. The molecular weight excluding hydrogens is 278 g/mol. The number of rotatable bonds is 2. The summed E-state index contributed by atoms with van der Waals surface area (Å²) in [4.78, 5) is 18.7. The molecule has 0 saturated heterocycles. The number of fused-ring (bicyclic) bond motifs is 1. The zero-order valence-electron chi connectivity index (χ0n) is 11.0. The van der Waals surface area contributed by atoms with Crippen LogP contribution in [0.15, 0.2) is 41.2 Å². The predicted octanol–water partition coefficient (Wildman–Crippen LogP) is 2.88. The van der Waals surface area contributed by atoms with Gasteiger partial charge in [-0.1, -0.05) is 12.1 Å². The molecule has 0 spiro atoms. The summed E-state index contributed by atoms with van der Waals surface area (Å²) in [5.41, 5.74) is -0.0647. The lowest BCUT2D eigenvalue weighted by molar-refractivity contribution is 0.408. The van der Waals surface area contributed by atoms with E-state index in [1.165, 1.54) is 7.11 Å². The topological polar surface area (TPSA) is 55.0 Å². The molecule has 0 unspecified atom stereocenters. The maximum Gasteiger partial charge on any atom is 0.259 e. The molecule has 0 atom stereocenters. The molecular formula is C15H10F2N2O2. The van der Waals surface area contributed by atoms with Gasteiger partial charge in [0.15, 0.2) is 0 Å². The first-order valence-electron chi connectivity index (χ1n) is 6.12. The lowest BCUT2D eigenvalue weighted by atomic mass is 10.1. The Morgan fingerprint density at radius 1 is 1.19 bits per heavy atom. The zero-order chi connectivity index (χ0) is 15.0. The summed E-state index contributed by atoms with van der Waals surface area (Å²) in [6.45, 7) is 0. The Bertz CT molecular complexity index is 890. The number of benzene rings is 2. The van der Waals surface area contributed by atoms with E-state index in [1.54, 1.807) is 24.3 Å². The highest BCUT2D eigenvalue weighted by Crippen LogP contribution is 2.31. The highest BCUT2D eigenvalue weighted by Gasteiger charge is 2.17. The Labute approximate surface area is 118 Å². The van der Waals surface area contributed by atoms with Gasteiger partial charge in [-0.2, -0.15) is 0 Å². The molecule has 0 aliphatic rings. The van der Waals surface area contributed by atoms with Gasteiger partial charge in [-0.05, 0) is 12.1 Å². The van der Waals surface area contributed by atoms with Gasteiger partial charge in [0.05, 0.1) is 23.6 Å². The van der Waals surface area contributed by atoms with Crippen molar-refractivity contribution in [3.8, 4) is 17.1 Å². The predicted molar refractivity (Wildman–Crippen MR) is 74.3 cm³/mol. The van der Waals surface area contributed by atoms with Gasteiger partial charge in [0.25, 0.3) is 5.56 Å². The molecule has 1 heterocycles. The summed E-state index contributed by atoms with van der Waals surface area (Å²) in [7, 11) is 1.29. The Kier molecular flexibility index (Phi) is 3.13. The lowest BCUT2D eigenvalue weighted by Gasteiger charge is -2.09. The van der Waals surface area contributed by atoms with Crippen molar-refractivity contribution in [2.45, 2.75) is 0 Å². The van der Waals surface area contributed by atoms with E-state index in [2.05, 4.69) is 9.97 Å². The third-order valence-corrected chi connectivity index (χ3v) is 3.09. The zero-order valence-corrected chi connectivity index (χ0v) is 11.0. The third kappa shape index (κ3) is 2.24. The quantitative estimate of drug-likeness (QED) is 0.789. The number of nitrogens with one attached hydrogen (secondary N) is 1. The third-order valence-electron chi connectivity index (χ3n) is 3.09. The molecule has 0 fully saturated rings. The number of hydrogen-bond acceptors (Lipinski definition) is 3. The minimum atomic E-state index is -0.856. The Morgan fingerprint density at radius 3 is 2.71 bits per heavy atom. The Balaban J connectivity index is 2.33. The van der Waals surface area contributed by atoms with Crippen LogP contribution in [0.1, 0.15) is 0 Å². The molecule has 3 rings (SSSR count). The average molecular weight is 288 g/mol. The highest BCUT2D eigenvalue weighted by atomic mass is 19.1. The lowest BCUT2D eigenvalue weighted by Crippen LogP contribution is -2.10. The van der Waals surface area contributed by atoms with E-state index in [0.29, 0.717) is 17.0 Å². The van der Waals surface area contributed by atoms with E-state index in [-0.39, 0.29) is 17.1 Å². The van der Waals surface area contributed by atoms with Crippen molar-refractivity contribution in [2.75, 3.05) is 7.11 Å². The van der Waals surface area contributed by atoms with Gasteiger partial charge < -0.3 is 9.72 Å². The molecule has 4 nitrogen and oxygen atoms in total. The monoisotopic (exact) mass is 288 g/mol. The number of nitrogens with zero attached hydrogens (tertiary/aromatic N) is 1. The van der Waals surface area contributed by atoms with E-state index in [4.69, 9.17) is 4.74 Å². The molecule has 0 saturated carbocycles. The Hall–Kier alpha value is -2.76. The second-order valence-electron chi connectivity index (χ2n) is 4.40. The first-order chi connectivity index (χ1) is 10.1. The maximum absolute atomic E-state index is 14.0. The van der Waals surface area contributed by atoms with Gasteiger partial charge in [-0.25, -0.2) is 13.8 Å². The molecule has 6 heteroatoms. The smallest absolute Gasteiger partial charge is 0.259 e. The normalized spacial score (nSPS) is 10.8. The van der Waals surface area contributed by atoms with Gasteiger partial charge in [0.2, 0.25) is 0 Å². The SMILES string of the molecule is COc1cc(F)cc(F)c1-c1nc2ccccc2c(=O)[nH]1. The van der Waals surface area contributed by atoms with Crippen molar-refractivity contribution in [2.24, 2.45) is 0 Å². The molecule has 21 heavy (non-hydrogen) atoms. The fourth-order valence-corrected chi connectivity index (χ4v) is 2.15. The second-order valence-corrected chi connectivity index (χ2v) is 4.40. The first kappa shape index (κ1) is 13.2. The standard InChI is InChI=1S/C15H10F2N2O2/c1-21-12-7-8(16)6-10(17)13(12)14-18-11-5-3-2-4-9(11)15(20)19-14/h2-7H,1H3,(H,18,19,20). The molecule has 0 bridgehead atoms. The number of hydrogen-bond donors (Lipinski definition) is 1. The van der Waals surface area contributed by atoms with Crippen LogP contribution in [-0.4, -0.2) is 17.1 Å². The number of ether oxygens (including phenoxy) is 1. The van der Waals surface area contributed by atoms with Crippen molar-refractivity contribution in [1.82, 2.24) is 9.97 Å². The summed E-state index contributed by atoms with van der Waals surface area (Å²) >= 11 is 0. The van der Waals surface area contributed by atoms with E-state index in [0.717, 1.165) is 6.07 Å². The maximum atomic E-state index is 14.0. The van der Waals surface area contributed by atoms with E-state index >= 15 is 0 Å². The minimum Gasteiger partial charge on any atom is -0.496 e. The van der Waals surface area contributed by atoms with Crippen molar-refractivity contribution in [3.63, 3.8) is 0 Å².